The Labute approximate surface area is 249 Å². The van der Waals surface area contributed by atoms with E-state index in [9.17, 15) is 19.7 Å². The Morgan fingerprint density at radius 2 is 1.38 bits per heavy atom. The Balaban J connectivity index is 0.000000171. The number of halogens is 1. The number of nitrogens with zero attached hydrogens (tertiary/aromatic N) is 1. The molecule has 9 heteroatoms. The number of nitro benzene ring substituents is 1. The second kappa shape index (κ2) is 11.8. The summed E-state index contributed by atoms with van der Waals surface area (Å²) < 4.78 is 16.7. The Bertz CT molecular complexity index is 1990. The van der Waals surface area contributed by atoms with Crippen LogP contribution < -0.4 is 0 Å². The van der Waals surface area contributed by atoms with Crippen LogP contribution in [0.2, 0.25) is 0 Å². The number of furan rings is 2. The first kappa shape index (κ1) is 29.0. The van der Waals surface area contributed by atoms with E-state index < -0.39 is 17.0 Å². The molecule has 0 spiro atoms. The first-order valence-corrected chi connectivity index (χ1v) is 14.4. The summed E-state index contributed by atoms with van der Waals surface area (Å²) in [4.78, 5) is 33.7. The van der Waals surface area contributed by atoms with Gasteiger partial charge in [-0.3, -0.25) is 19.7 Å². The van der Waals surface area contributed by atoms with E-state index in [2.05, 4.69) is 22.0 Å². The maximum atomic E-state index is 11.6. The summed E-state index contributed by atoms with van der Waals surface area (Å²) in [6.45, 7) is 6.90. The van der Waals surface area contributed by atoms with Gasteiger partial charge in [-0.25, -0.2) is 0 Å². The van der Waals surface area contributed by atoms with Crippen molar-refractivity contribution in [2.45, 2.75) is 45.0 Å². The van der Waals surface area contributed by atoms with E-state index in [1.54, 1.807) is 32.9 Å². The summed E-state index contributed by atoms with van der Waals surface area (Å²) >= 11 is 3.46. The standard InChI is InChI=1S/C17H15NO5.C16H13BrO2/c1-3-17(19)22-10(2)12-8-13-11-6-4-5-7-15(11)23-16(13)9-14(12)18(20)21;1-9-7-15-13(8-12(9)16(17)10(2)18)11-5-3-4-6-14(11)19-15/h4-10H,3H2,1-2H3;3-8,16H,1-2H3. The number of Topliss-reactive ketones (excluding diaryl/α,β-unsaturated/α-hetero) is 1. The van der Waals surface area contributed by atoms with Gasteiger partial charge < -0.3 is 13.6 Å². The van der Waals surface area contributed by atoms with Crippen LogP contribution in [0.5, 0.6) is 0 Å². The maximum absolute atomic E-state index is 11.6. The molecule has 0 aliphatic rings. The smallest absolute Gasteiger partial charge is 0.306 e. The Kier molecular flexibility index (Phi) is 8.13. The van der Waals surface area contributed by atoms with Crippen LogP contribution in [0.4, 0.5) is 5.69 Å². The summed E-state index contributed by atoms with van der Waals surface area (Å²) in [6.07, 6.45) is -0.490. The number of ether oxygens (including phenoxy) is 1. The van der Waals surface area contributed by atoms with E-state index >= 15 is 0 Å². The predicted molar refractivity (Wildman–Crippen MR) is 166 cm³/mol. The molecule has 0 fully saturated rings. The molecule has 42 heavy (non-hydrogen) atoms. The molecule has 0 amide bonds. The predicted octanol–water partition coefficient (Wildman–Crippen LogP) is 9.43. The van der Waals surface area contributed by atoms with E-state index in [4.69, 9.17) is 13.6 Å². The number of aryl methyl sites for hydroxylation is 1. The molecule has 2 aromatic heterocycles. The molecule has 0 aliphatic carbocycles. The number of nitro groups is 1. The molecule has 8 nitrogen and oxygen atoms in total. The minimum Gasteiger partial charge on any atom is -0.458 e. The van der Waals surface area contributed by atoms with Crippen LogP contribution in [-0.2, 0) is 14.3 Å². The number of rotatable bonds is 6. The Morgan fingerprint density at radius 1 is 0.857 bits per heavy atom. The molecule has 6 aromatic rings. The van der Waals surface area contributed by atoms with Crippen molar-refractivity contribution in [1.82, 2.24) is 0 Å². The van der Waals surface area contributed by atoms with Crippen molar-refractivity contribution in [3.05, 3.63) is 99.6 Å². The molecule has 0 N–H and O–H groups in total. The molecule has 2 heterocycles. The summed E-state index contributed by atoms with van der Waals surface area (Å²) in [6, 6.07) is 22.5. The number of hydrogen-bond acceptors (Lipinski definition) is 7. The average molecular weight is 630 g/mol. The summed E-state index contributed by atoms with van der Waals surface area (Å²) in [5, 5.41) is 15.1. The highest BCUT2D eigenvalue weighted by Gasteiger charge is 2.25. The molecular formula is C33H28BrNO7. The largest absolute Gasteiger partial charge is 0.458 e. The fourth-order valence-corrected chi connectivity index (χ4v) is 5.48. The van der Waals surface area contributed by atoms with Crippen molar-refractivity contribution in [3.8, 4) is 0 Å². The lowest BCUT2D eigenvalue weighted by molar-refractivity contribution is -0.386. The van der Waals surface area contributed by atoms with Crippen molar-refractivity contribution < 1.29 is 28.1 Å². The molecule has 0 radical (unpaired) electrons. The normalized spacial score (nSPS) is 12.7. The summed E-state index contributed by atoms with van der Waals surface area (Å²) in [5.74, 6) is -0.292. The van der Waals surface area contributed by atoms with Gasteiger partial charge in [0.2, 0.25) is 0 Å². The van der Waals surface area contributed by atoms with Crippen molar-refractivity contribution in [2.75, 3.05) is 0 Å². The fourth-order valence-electron chi connectivity index (χ4n) is 4.99. The van der Waals surface area contributed by atoms with Gasteiger partial charge in [0, 0.05) is 28.0 Å². The lowest BCUT2D eigenvalue weighted by atomic mass is 10.0. The molecule has 6 rings (SSSR count). The molecule has 0 aliphatic heterocycles. The lowest BCUT2D eigenvalue weighted by Gasteiger charge is -2.13. The van der Waals surface area contributed by atoms with Crippen molar-refractivity contribution in [3.63, 3.8) is 0 Å². The minimum absolute atomic E-state index is 0.107. The third-order valence-corrected chi connectivity index (χ3v) is 8.29. The van der Waals surface area contributed by atoms with Gasteiger partial charge in [-0.05, 0) is 62.2 Å². The lowest BCUT2D eigenvalue weighted by Crippen LogP contribution is -2.09. The van der Waals surface area contributed by atoms with Crippen LogP contribution >= 0.6 is 15.9 Å². The molecule has 0 bridgehead atoms. The number of fused-ring (bicyclic) bond motifs is 6. The highest BCUT2D eigenvalue weighted by molar-refractivity contribution is 9.09. The quantitative estimate of drug-likeness (QED) is 0.0780. The van der Waals surface area contributed by atoms with Gasteiger partial charge in [-0.2, -0.15) is 0 Å². The molecule has 2 atom stereocenters. The monoisotopic (exact) mass is 629 g/mol. The van der Waals surface area contributed by atoms with Gasteiger partial charge in [0.1, 0.15) is 34.2 Å². The van der Waals surface area contributed by atoms with Gasteiger partial charge in [0.05, 0.1) is 21.4 Å². The second-order valence-corrected chi connectivity index (χ2v) is 10.9. The van der Waals surface area contributed by atoms with E-state index in [1.165, 1.54) is 6.07 Å². The molecule has 214 valence electrons. The first-order valence-electron chi connectivity index (χ1n) is 13.4. The van der Waals surface area contributed by atoms with Gasteiger partial charge >= 0.3 is 5.97 Å². The molecule has 0 saturated carbocycles. The van der Waals surface area contributed by atoms with Crippen LogP contribution in [-0.4, -0.2) is 16.7 Å². The summed E-state index contributed by atoms with van der Waals surface area (Å²) in [5.41, 5.74) is 5.15. The fraction of sp³-hybridized carbons (Fsp3) is 0.212. The van der Waals surface area contributed by atoms with Crippen molar-refractivity contribution in [2.24, 2.45) is 0 Å². The van der Waals surface area contributed by atoms with E-state index in [0.717, 1.165) is 43.8 Å². The zero-order valence-electron chi connectivity index (χ0n) is 23.5. The van der Waals surface area contributed by atoms with Gasteiger partial charge in [-0.1, -0.05) is 59.3 Å². The molecular weight excluding hydrogens is 602 g/mol. The zero-order valence-corrected chi connectivity index (χ0v) is 25.1. The van der Waals surface area contributed by atoms with Crippen molar-refractivity contribution >= 4 is 77.2 Å². The van der Waals surface area contributed by atoms with E-state index in [1.807, 2.05) is 55.5 Å². The van der Waals surface area contributed by atoms with Crippen LogP contribution in [0.15, 0.2) is 81.6 Å². The third kappa shape index (κ3) is 5.52. The number of carbonyl (C=O) groups is 2. The average Bonchev–Trinajstić information content (AvgIpc) is 3.52. The third-order valence-electron chi connectivity index (χ3n) is 7.15. The highest BCUT2D eigenvalue weighted by Crippen LogP contribution is 2.37. The van der Waals surface area contributed by atoms with Crippen LogP contribution in [0, 0.1) is 17.0 Å². The van der Waals surface area contributed by atoms with Crippen LogP contribution in [0.1, 0.15) is 54.8 Å². The van der Waals surface area contributed by atoms with Gasteiger partial charge in [0.15, 0.2) is 0 Å². The first-order chi connectivity index (χ1) is 20.1. The van der Waals surface area contributed by atoms with Gasteiger partial charge in [0.25, 0.3) is 5.69 Å². The number of hydrogen-bond donors (Lipinski definition) is 0. The highest BCUT2D eigenvalue weighted by atomic mass is 79.9. The van der Waals surface area contributed by atoms with Crippen LogP contribution in [0.25, 0.3) is 43.9 Å². The topological polar surface area (TPSA) is 113 Å². The molecule has 4 aromatic carbocycles. The SMILES string of the molecule is CC(=O)C(Br)c1cc2c(cc1C)oc1ccccc12.CCC(=O)OC(C)c1cc2c(cc1[N+](=O)[O-])oc1ccccc12. The number of carbonyl (C=O) groups excluding carboxylic acids is 2. The Morgan fingerprint density at radius 3 is 1.90 bits per heavy atom. The zero-order chi connectivity index (χ0) is 30.1. The summed E-state index contributed by atoms with van der Waals surface area (Å²) in [7, 11) is 0. The maximum Gasteiger partial charge on any atom is 0.306 e. The van der Waals surface area contributed by atoms with Gasteiger partial charge in [-0.15, -0.1) is 0 Å². The van der Waals surface area contributed by atoms with Crippen molar-refractivity contribution in [1.29, 1.82) is 0 Å². The van der Waals surface area contributed by atoms with E-state index in [0.29, 0.717) is 16.7 Å². The number of ketones is 1. The van der Waals surface area contributed by atoms with E-state index in [-0.39, 0.29) is 22.7 Å². The Hall–Kier alpha value is -4.50. The number of benzene rings is 4. The number of esters is 1. The molecule has 2 unspecified atom stereocenters. The second-order valence-electron chi connectivity index (χ2n) is 10.0. The number of alkyl halides is 1. The van der Waals surface area contributed by atoms with Crippen LogP contribution in [0.3, 0.4) is 0 Å². The number of para-hydroxylation sites is 2. The minimum atomic E-state index is -0.707. The molecule has 0 saturated heterocycles.